The van der Waals surface area contributed by atoms with Crippen molar-refractivity contribution in [2.75, 3.05) is 11.9 Å². The van der Waals surface area contributed by atoms with Gasteiger partial charge in [-0.3, -0.25) is 4.79 Å². The van der Waals surface area contributed by atoms with E-state index in [1.54, 1.807) is 35.6 Å². The van der Waals surface area contributed by atoms with E-state index in [-0.39, 0.29) is 23.6 Å². The van der Waals surface area contributed by atoms with Gasteiger partial charge >= 0.3 is 5.69 Å². The van der Waals surface area contributed by atoms with E-state index in [0.29, 0.717) is 23.9 Å². The summed E-state index contributed by atoms with van der Waals surface area (Å²) in [5.74, 6) is 1.04. The molecule has 1 aromatic carbocycles. The quantitative estimate of drug-likeness (QED) is 0.461. The number of benzene rings is 1. The van der Waals surface area contributed by atoms with E-state index in [0.717, 1.165) is 35.2 Å². The highest BCUT2D eigenvalue weighted by atomic mass is 32.1. The average Bonchev–Trinajstić information content (AvgIpc) is 3.31. The largest absolute Gasteiger partial charge is 0.494 e. The SMILES string of the molecule is CCOc1ccc(NC(=O)Cn2nc3c4c5c(sc4ncn3c2=O)C[C@H](C(C)(C)C)CC5)cc1. The topological polar surface area (TPSA) is 90.5 Å². The van der Waals surface area contributed by atoms with Gasteiger partial charge in [0.05, 0.1) is 12.0 Å². The number of amides is 1. The Morgan fingerprint density at radius 2 is 2.03 bits per heavy atom. The first-order chi connectivity index (χ1) is 16.2. The van der Waals surface area contributed by atoms with Crippen molar-refractivity contribution in [3.63, 3.8) is 0 Å². The van der Waals surface area contributed by atoms with Crippen molar-refractivity contribution in [3.8, 4) is 5.75 Å². The van der Waals surface area contributed by atoms with Crippen LogP contribution in [0.1, 0.15) is 44.6 Å². The van der Waals surface area contributed by atoms with Crippen LogP contribution in [0.5, 0.6) is 5.75 Å². The molecule has 1 atom stereocenters. The Kier molecular flexibility index (Phi) is 5.67. The smallest absolute Gasteiger partial charge is 0.352 e. The minimum atomic E-state index is -0.366. The van der Waals surface area contributed by atoms with Gasteiger partial charge in [0.1, 0.15) is 23.5 Å². The Morgan fingerprint density at radius 1 is 1.26 bits per heavy atom. The van der Waals surface area contributed by atoms with E-state index in [4.69, 9.17) is 4.74 Å². The number of aryl methyl sites for hydroxylation is 1. The van der Waals surface area contributed by atoms with E-state index >= 15 is 0 Å². The average molecular weight is 480 g/mol. The second kappa shape index (κ2) is 8.54. The van der Waals surface area contributed by atoms with Gasteiger partial charge < -0.3 is 10.1 Å². The molecule has 3 heterocycles. The third-order valence-corrected chi connectivity index (χ3v) is 7.76. The molecule has 4 aromatic rings. The van der Waals surface area contributed by atoms with Gasteiger partial charge in [0.25, 0.3) is 0 Å². The highest BCUT2D eigenvalue weighted by molar-refractivity contribution is 7.19. The predicted octanol–water partition coefficient (Wildman–Crippen LogP) is 4.29. The number of rotatable bonds is 5. The third kappa shape index (κ3) is 4.09. The lowest BCUT2D eigenvalue weighted by Crippen LogP contribution is -2.28. The van der Waals surface area contributed by atoms with E-state index < -0.39 is 0 Å². The second-order valence-electron chi connectivity index (χ2n) is 9.87. The summed E-state index contributed by atoms with van der Waals surface area (Å²) in [4.78, 5) is 32.4. The molecule has 0 saturated heterocycles. The van der Waals surface area contributed by atoms with Gasteiger partial charge in [-0.2, -0.15) is 0 Å². The molecule has 0 saturated carbocycles. The number of aromatic nitrogens is 4. The lowest BCUT2D eigenvalue weighted by Gasteiger charge is -2.33. The minimum absolute atomic E-state index is 0.173. The summed E-state index contributed by atoms with van der Waals surface area (Å²) in [6.45, 7) is 9.22. The third-order valence-electron chi connectivity index (χ3n) is 6.60. The number of ether oxygens (including phenoxy) is 1. The maximum absolute atomic E-state index is 13.0. The van der Waals surface area contributed by atoms with Crippen LogP contribution in [0.25, 0.3) is 15.9 Å². The van der Waals surface area contributed by atoms with Crippen LogP contribution in [-0.2, 0) is 24.2 Å². The number of fused-ring (bicyclic) bond motifs is 5. The van der Waals surface area contributed by atoms with Crippen LogP contribution >= 0.6 is 11.3 Å². The Balaban J connectivity index is 1.42. The van der Waals surface area contributed by atoms with Crippen molar-refractivity contribution in [1.29, 1.82) is 0 Å². The molecule has 5 rings (SSSR count). The van der Waals surface area contributed by atoms with Gasteiger partial charge in [-0.15, -0.1) is 16.4 Å². The molecule has 8 nitrogen and oxygen atoms in total. The number of anilines is 1. The first kappa shape index (κ1) is 22.6. The molecular weight excluding hydrogens is 450 g/mol. The first-order valence-corrected chi connectivity index (χ1v) is 12.5. The van der Waals surface area contributed by atoms with E-state index in [1.807, 2.05) is 6.92 Å². The maximum atomic E-state index is 13.0. The second-order valence-corrected chi connectivity index (χ2v) is 11.0. The Morgan fingerprint density at radius 3 is 2.74 bits per heavy atom. The maximum Gasteiger partial charge on any atom is 0.352 e. The van der Waals surface area contributed by atoms with Crippen molar-refractivity contribution in [2.45, 2.75) is 53.5 Å². The Labute approximate surface area is 201 Å². The van der Waals surface area contributed by atoms with Crippen LogP contribution in [0, 0.1) is 11.3 Å². The molecule has 9 heteroatoms. The van der Waals surface area contributed by atoms with Crippen LogP contribution in [-0.4, -0.2) is 31.7 Å². The van der Waals surface area contributed by atoms with Crippen LogP contribution in [0.15, 0.2) is 35.4 Å². The van der Waals surface area contributed by atoms with Gasteiger partial charge in [-0.25, -0.2) is 18.9 Å². The van der Waals surface area contributed by atoms with Gasteiger partial charge in [-0.05, 0) is 67.3 Å². The predicted molar refractivity (Wildman–Crippen MR) is 134 cm³/mol. The van der Waals surface area contributed by atoms with E-state index in [1.165, 1.54) is 25.9 Å². The number of nitrogens with zero attached hydrogens (tertiary/aromatic N) is 4. The highest BCUT2D eigenvalue weighted by Gasteiger charge is 2.32. The molecule has 178 valence electrons. The molecule has 34 heavy (non-hydrogen) atoms. The van der Waals surface area contributed by atoms with Gasteiger partial charge in [0.2, 0.25) is 5.91 Å². The van der Waals surface area contributed by atoms with Gasteiger partial charge in [-0.1, -0.05) is 20.8 Å². The van der Waals surface area contributed by atoms with Crippen LogP contribution < -0.4 is 15.7 Å². The summed E-state index contributed by atoms with van der Waals surface area (Å²) < 4.78 is 8.09. The Bertz CT molecular complexity index is 1430. The zero-order valence-corrected chi connectivity index (χ0v) is 20.7. The summed E-state index contributed by atoms with van der Waals surface area (Å²) in [6.07, 6.45) is 4.62. The summed E-state index contributed by atoms with van der Waals surface area (Å²) in [5.41, 5.74) is 2.36. The summed E-state index contributed by atoms with van der Waals surface area (Å²) in [6, 6.07) is 7.13. The molecule has 0 aliphatic heterocycles. The molecule has 1 aliphatic carbocycles. The van der Waals surface area contributed by atoms with Crippen LogP contribution in [0.3, 0.4) is 0 Å². The molecule has 0 fully saturated rings. The minimum Gasteiger partial charge on any atom is -0.494 e. The van der Waals surface area contributed by atoms with Crippen molar-refractivity contribution in [1.82, 2.24) is 19.2 Å². The number of thiophene rings is 1. The fraction of sp³-hybridized carbons (Fsp3) is 0.440. The fourth-order valence-corrected chi connectivity index (χ4v) is 5.94. The number of nitrogens with one attached hydrogen (secondary N) is 1. The molecule has 1 N–H and O–H groups in total. The van der Waals surface area contributed by atoms with Crippen LogP contribution in [0.2, 0.25) is 0 Å². The highest BCUT2D eigenvalue weighted by Crippen LogP contribution is 2.43. The molecule has 0 bridgehead atoms. The lowest BCUT2D eigenvalue weighted by molar-refractivity contribution is -0.117. The fourth-order valence-electron chi connectivity index (χ4n) is 4.68. The normalized spacial score (nSPS) is 16.1. The number of carbonyl (C=O) groups excluding carboxylic acids is 1. The van der Waals surface area contributed by atoms with Gasteiger partial charge in [0.15, 0.2) is 5.65 Å². The van der Waals surface area contributed by atoms with Crippen molar-refractivity contribution in [3.05, 3.63) is 51.5 Å². The van der Waals surface area contributed by atoms with Crippen molar-refractivity contribution >= 4 is 38.8 Å². The molecule has 0 radical (unpaired) electrons. The van der Waals surface area contributed by atoms with Gasteiger partial charge in [0, 0.05) is 10.6 Å². The zero-order valence-electron chi connectivity index (χ0n) is 19.9. The zero-order chi connectivity index (χ0) is 24.0. The monoisotopic (exact) mass is 479 g/mol. The van der Waals surface area contributed by atoms with Crippen molar-refractivity contribution < 1.29 is 9.53 Å². The molecular formula is C25H29N5O3S. The molecule has 1 amide bonds. The van der Waals surface area contributed by atoms with E-state index in [2.05, 4.69) is 36.2 Å². The molecule has 0 unspecified atom stereocenters. The summed E-state index contributed by atoms with van der Waals surface area (Å²) in [5, 5.41) is 8.33. The molecule has 3 aromatic heterocycles. The standard InChI is InChI=1S/C25H29N5O3S/c1-5-33-17-9-7-16(8-10-17)27-20(31)13-30-24(32)29-14-26-23-21(22(29)28-30)18-11-6-15(25(2,3)4)12-19(18)34-23/h7-10,14-15H,5-6,11-13H2,1-4H3,(H,27,31)/t15-/m1/s1. The van der Waals surface area contributed by atoms with Crippen LogP contribution in [0.4, 0.5) is 5.69 Å². The van der Waals surface area contributed by atoms with E-state index in [9.17, 15) is 9.59 Å². The number of hydrogen-bond donors (Lipinski definition) is 1. The lowest BCUT2D eigenvalue weighted by atomic mass is 9.72. The molecule has 0 spiro atoms. The molecule has 1 aliphatic rings. The Hall–Kier alpha value is -3.20. The summed E-state index contributed by atoms with van der Waals surface area (Å²) in [7, 11) is 0. The van der Waals surface area contributed by atoms with Crippen molar-refractivity contribution in [2.24, 2.45) is 11.3 Å². The number of carbonyl (C=O) groups is 1. The summed E-state index contributed by atoms with van der Waals surface area (Å²) >= 11 is 1.70. The first-order valence-electron chi connectivity index (χ1n) is 11.7. The number of hydrogen-bond acceptors (Lipinski definition) is 6.